The maximum absolute atomic E-state index is 5.80. The van der Waals surface area contributed by atoms with Crippen LogP contribution in [0.15, 0.2) is 0 Å². The van der Waals surface area contributed by atoms with E-state index in [0.29, 0.717) is 6.10 Å². The number of hydrogen-bond donors (Lipinski definition) is 0. The topological polar surface area (TPSA) is 15.7 Å². The minimum atomic E-state index is 0.441. The van der Waals surface area contributed by atoms with Gasteiger partial charge in [-0.1, -0.05) is 6.92 Å². The van der Waals surface area contributed by atoms with Gasteiger partial charge in [-0.05, 0) is 110 Å². The standard InChI is InChI=1S/C20H40N2O/c1-4-18(2)23-17-5-6-19-9-14-22(15-10-19)16-11-20-7-12-21(3)13-8-20/h18-20H,4-17H2,1-3H3. The first-order chi connectivity index (χ1) is 11.2. The van der Waals surface area contributed by atoms with Gasteiger partial charge in [0.25, 0.3) is 0 Å². The van der Waals surface area contributed by atoms with Crippen LogP contribution in [0.3, 0.4) is 0 Å². The van der Waals surface area contributed by atoms with Gasteiger partial charge in [0, 0.05) is 6.61 Å². The van der Waals surface area contributed by atoms with Crippen molar-refractivity contribution in [1.29, 1.82) is 0 Å². The van der Waals surface area contributed by atoms with E-state index in [2.05, 4.69) is 30.7 Å². The Hall–Kier alpha value is -0.120. The van der Waals surface area contributed by atoms with Crippen molar-refractivity contribution in [3.05, 3.63) is 0 Å². The van der Waals surface area contributed by atoms with Gasteiger partial charge in [-0.15, -0.1) is 0 Å². The Kier molecular flexibility index (Phi) is 8.92. The molecule has 0 amide bonds. The highest BCUT2D eigenvalue weighted by atomic mass is 16.5. The van der Waals surface area contributed by atoms with Crippen LogP contribution in [-0.2, 0) is 4.74 Å². The number of piperidine rings is 2. The van der Waals surface area contributed by atoms with Crippen LogP contribution in [-0.4, -0.2) is 62.3 Å². The lowest BCUT2D eigenvalue weighted by molar-refractivity contribution is 0.0563. The van der Waals surface area contributed by atoms with Crippen molar-refractivity contribution in [2.24, 2.45) is 11.8 Å². The van der Waals surface area contributed by atoms with Gasteiger partial charge >= 0.3 is 0 Å². The fraction of sp³-hybridized carbons (Fsp3) is 1.00. The number of likely N-dealkylation sites (tertiary alicyclic amines) is 2. The van der Waals surface area contributed by atoms with Gasteiger partial charge < -0.3 is 14.5 Å². The summed E-state index contributed by atoms with van der Waals surface area (Å²) in [6.45, 7) is 12.0. The second-order valence-electron chi connectivity index (χ2n) is 8.05. The Morgan fingerprint density at radius 3 is 2.22 bits per heavy atom. The lowest BCUT2D eigenvalue weighted by atomic mass is 9.90. The van der Waals surface area contributed by atoms with Crippen LogP contribution in [0.5, 0.6) is 0 Å². The summed E-state index contributed by atoms with van der Waals surface area (Å²) in [5.41, 5.74) is 0. The molecule has 2 saturated heterocycles. The molecule has 0 aromatic carbocycles. The lowest BCUT2D eigenvalue weighted by Crippen LogP contribution is -2.36. The van der Waals surface area contributed by atoms with Crippen molar-refractivity contribution < 1.29 is 4.74 Å². The molecule has 0 radical (unpaired) electrons. The number of nitrogens with zero attached hydrogens (tertiary/aromatic N) is 2. The summed E-state index contributed by atoms with van der Waals surface area (Å²) in [4.78, 5) is 5.21. The third-order valence-corrected chi connectivity index (χ3v) is 6.13. The normalized spacial score (nSPS) is 24.1. The molecule has 0 bridgehead atoms. The monoisotopic (exact) mass is 324 g/mol. The summed E-state index contributed by atoms with van der Waals surface area (Å²) in [6.07, 6.45) is 11.3. The average Bonchev–Trinajstić information content (AvgIpc) is 2.59. The van der Waals surface area contributed by atoms with E-state index in [1.165, 1.54) is 77.7 Å². The molecule has 2 aliphatic rings. The number of hydrogen-bond acceptors (Lipinski definition) is 3. The van der Waals surface area contributed by atoms with Gasteiger partial charge in [0.15, 0.2) is 0 Å². The molecular weight excluding hydrogens is 284 g/mol. The highest BCUT2D eigenvalue weighted by molar-refractivity contribution is 4.75. The molecule has 2 fully saturated rings. The van der Waals surface area contributed by atoms with Crippen LogP contribution < -0.4 is 0 Å². The van der Waals surface area contributed by atoms with E-state index in [9.17, 15) is 0 Å². The van der Waals surface area contributed by atoms with Crippen molar-refractivity contribution in [3.8, 4) is 0 Å². The first kappa shape index (κ1) is 19.2. The second-order valence-corrected chi connectivity index (χ2v) is 8.05. The maximum atomic E-state index is 5.80. The zero-order valence-electron chi connectivity index (χ0n) is 15.9. The van der Waals surface area contributed by atoms with Crippen molar-refractivity contribution in [2.75, 3.05) is 46.4 Å². The molecule has 0 saturated carbocycles. The molecule has 0 aliphatic carbocycles. The van der Waals surface area contributed by atoms with Crippen LogP contribution in [0.2, 0.25) is 0 Å². The minimum absolute atomic E-state index is 0.441. The molecule has 2 aliphatic heterocycles. The van der Waals surface area contributed by atoms with Gasteiger partial charge in [-0.3, -0.25) is 0 Å². The molecule has 0 spiro atoms. The molecule has 1 unspecified atom stereocenters. The van der Waals surface area contributed by atoms with Crippen LogP contribution in [0.25, 0.3) is 0 Å². The first-order valence-corrected chi connectivity index (χ1v) is 10.2. The fourth-order valence-corrected chi connectivity index (χ4v) is 3.99. The molecule has 1 atom stereocenters. The van der Waals surface area contributed by atoms with E-state index in [1.807, 2.05) is 0 Å². The minimum Gasteiger partial charge on any atom is -0.379 e. The molecule has 3 nitrogen and oxygen atoms in total. The smallest absolute Gasteiger partial charge is 0.0544 e. The van der Waals surface area contributed by atoms with Gasteiger partial charge in [-0.2, -0.15) is 0 Å². The molecule has 0 N–H and O–H groups in total. The van der Waals surface area contributed by atoms with E-state index in [-0.39, 0.29) is 0 Å². The van der Waals surface area contributed by atoms with Crippen molar-refractivity contribution in [1.82, 2.24) is 9.80 Å². The van der Waals surface area contributed by atoms with E-state index in [0.717, 1.165) is 24.9 Å². The van der Waals surface area contributed by atoms with Crippen LogP contribution in [0, 0.1) is 11.8 Å². The maximum Gasteiger partial charge on any atom is 0.0544 e. The Morgan fingerprint density at radius 1 is 0.957 bits per heavy atom. The van der Waals surface area contributed by atoms with Crippen molar-refractivity contribution in [3.63, 3.8) is 0 Å². The van der Waals surface area contributed by atoms with Crippen LogP contribution >= 0.6 is 0 Å². The predicted molar refractivity (Wildman–Crippen MR) is 98.9 cm³/mol. The van der Waals surface area contributed by atoms with Crippen LogP contribution in [0.4, 0.5) is 0 Å². The Labute approximate surface area is 144 Å². The SMILES string of the molecule is CCC(C)OCCCC1CCN(CCC2CCN(C)CC2)CC1. The Morgan fingerprint density at radius 2 is 1.57 bits per heavy atom. The zero-order valence-corrected chi connectivity index (χ0v) is 15.9. The van der Waals surface area contributed by atoms with E-state index in [1.54, 1.807) is 0 Å². The highest BCUT2D eigenvalue weighted by Crippen LogP contribution is 2.24. The third-order valence-electron chi connectivity index (χ3n) is 6.13. The first-order valence-electron chi connectivity index (χ1n) is 10.2. The van der Waals surface area contributed by atoms with E-state index in [4.69, 9.17) is 4.74 Å². The molecule has 2 heterocycles. The highest BCUT2D eigenvalue weighted by Gasteiger charge is 2.21. The molecule has 23 heavy (non-hydrogen) atoms. The van der Waals surface area contributed by atoms with E-state index < -0.39 is 0 Å². The van der Waals surface area contributed by atoms with Gasteiger partial charge in [0.2, 0.25) is 0 Å². The predicted octanol–water partition coefficient (Wildman–Crippen LogP) is 4.03. The van der Waals surface area contributed by atoms with Crippen molar-refractivity contribution in [2.45, 2.75) is 71.3 Å². The van der Waals surface area contributed by atoms with Gasteiger partial charge in [0.05, 0.1) is 6.10 Å². The Bertz CT molecular complexity index is 294. The summed E-state index contributed by atoms with van der Waals surface area (Å²) in [5.74, 6) is 1.94. The molecule has 2 rings (SSSR count). The van der Waals surface area contributed by atoms with Crippen molar-refractivity contribution >= 4 is 0 Å². The third kappa shape index (κ3) is 7.53. The largest absolute Gasteiger partial charge is 0.379 e. The van der Waals surface area contributed by atoms with Crippen LogP contribution in [0.1, 0.15) is 65.2 Å². The summed E-state index contributed by atoms with van der Waals surface area (Å²) < 4.78 is 5.80. The lowest BCUT2D eigenvalue weighted by Gasteiger charge is -2.34. The van der Waals surface area contributed by atoms with Gasteiger partial charge in [-0.25, -0.2) is 0 Å². The summed E-state index contributed by atoms with van der Waals surface area (Å²) in [7, 11) is 2.26. The molecule has 3 heteroatoms. The zero-order chi connectivity index (χ0) is 16.5. The molecule has 0 aromatic rings. The summed E-state index contributed by atoms with van der Waals surface area (Å²) in [5, 5.41) is 0. The summed E-state index contributed by atoms with van der Waals surface area (Å²) >= 11 is 0. The van der Waals surface area contributed by atoms with Gasteiger partial charge in [0.1, 0.15) is 0 Å². The number of ether oxygens (including phenoxy) is 1. The quantitative estimate of drug-likeness (QED) is 0.596. The number of rotatable bonds is 9. The molecule has 0 aromatic heterocycles. The molecular formula is C20H40N2O. The van der Waals surface area contributed by atoms with E-state index >= 15 is 0 Å². The Balaban J connectivity index is 1.49. The molecule has 136 valence electrons. The summed E-state index contributed by atoms with van der Waals surface area (Å²) in [6, 6.07) is 0. The average molecular weight is 325 g/mol. The fourth-order valence-electron chi connectivity index (χ4n) is 3.99. The second kappa shape index (κ2) is 10.7.